The van der Waals surface area contributed by atoms with Crippen LogP contribution in [0.25, 0.3) is 0 Å². The molecule has 1 atom stereocenters. The van der Waals surface area contributed by atoms with Crippen molar-refractivity contribution in [2.24, 2.45) is 0 Å². The first kappa shape index (κ1) is 11.2. The maximum atomic E-state index is 11.7. The smallest absolute Gasteiger partial charge is 0.315 e. The highest BCUT2D eigenvalue weighted by Gasteiger charge is 2.26. The first-order chi connectivity index (χ1) is 6.08. The molecule has 1 nitrogen and oxygen atoms in total. The number of alkyl halides is 3. The minimum atomic E-state index is -4.02. The van der Waals surface area contributed by atoms with Crippen LogP contribution in [0, 0.1) is 0 Å². The van der Waals surface area contributed by atoms with Crippen molar-refractivity contribution >= 4 is 11.8 Å². The molecule has 5 heteroatoms. The van der Waals surface area contributed by atoms with Crippen LogP contribution in [0.15, 0.2) is 0 Å². The fourth-order valence-electron chi connectivity index (χ4n) is 1.30. The number of halogens is 3. The summed E-state index contributed by atoms with van der Waals surface area (Å²) in [6, 6.07) is 0. The van der Waals surface area contributed by atoms with Gasteiger partial charge in [0.2, 0.25) is 0 Å². The number of thioether (sulfide) groups is 1. The zero-order valence-corrected chi connectivity index (χ0v) is 8.18. The molecule has 1 rings (SSSR count). The Morgan fingerprint density at radius 1 is 1.38 bits per heavy atom. The quantitative estimate of drug-likeness (QED) is 0.720. The third-order valence-electron chi connectivity index (χ3n) is 1.98. The zero-order valence-electron chi connectivity index (χ0n) is 7.36. The molecule has 1 N–H and O–H groups in total. The molecule has 0 aromatic carbocycles. The molecule has 0 aliphatic carbocycles. The Morgan fingerprint density at radius 3 is 2.69 bits per heavy atom. The van der Waals surface area contributed by atoms with Crippen molar-refractivity contribution in [3.8, 4) is 0 Å². The van der Waals surface area contributed by atoms with Gasteiger partial charge < -0.3 is 5.32 Å². The molecule has 1 heterocycles. The summed E-state index contributed by atoms with van der Waals surface area (Å²) in [7, 11) is 0. The minimum Gasteiger partial charge on any atom is -0.315 e. The summed E-state index contributed by atoms with van der Waals surface area (Å²) >= 11 is 1.86. The van der Waals surface area contributed by atoms with Gasteiger partial charge in [0, 0.05) is 18.3 Å². The van der Waals surface area contributed by atoms with E-state index >= 15 is 0 Å². The second kappa shape index (κ2) is 5.10. The van der Waals surface area contributed by atoms with Gasteiger partial charge in [0.25, 0.3) is 0 Å². The SMILES string of the molecule is FC(F)(F)CCNCC1CCCS1. The fourth-order valence-corrected chi connectivity index (χ4v) is 2.53. The standard InChI is InChI=1S/C8H14F3NS/c9-8(10,11)3-4-12-6-7-2-1-5-13-7/h7,12H,1-6H2. The summed E-state index contributed by atoms with van der Waals surface area (Å²) in [5.41, 5.74) is 0. The van der Waals surface area contributed by atoms with Gasteiger partial charge in [-0.1, -0.05) is 0 Å². The van der Waals surface area contributed by atoms with E-state index in [0.717, 1.165) is 18.7 Å². The molecule has 0 spiro atoms. The number of nitrogens with one attached hydrogen (secondary N) is 1. The highest BCUT2D eigenvalue weighted by Crippen LogP contribution is 2.25. The van der Waals surface area contributed by atoms with Gasteiger partial charge >= 0.3 is 6.18 Å². The molecule has 0 aromatic rings. The van der Waals surface area contributed by atoms with Gasteiger partial charge in [0.05, 0.1) is 6.42 Å². The molecule has 13 heavy (non-hydrogen) atoms. The number of hydrogen-bond donors (Lipinski definition) is 1. The van der Waals surface area contributed by atoms with E-state index in [1.807, 2.05) is 11.8 Å². The molecule has 1 unspecified atom stereocenters. The Bertz CT molecular complexity index is 143. The van der Waals surface area contributed by atoms with Crippen LogP contribution in [-0.4, -0.2) is 30.3 Å². The summed E-state index contributed by atoms with van der Waals surface area (Å²) in [5, 5.41) is 3.38. The van der Waals surface area contributed by atoms with Crippen LogP contribution in [0.5, 0.6) is 0 Å². The van der Waals surface area contributed by atoms with Crippen molar-refractivity contribution in [2.75, 3.05) is 18.8 Å². The van der Waals surface area contributed by atoms with E-state index in [4.69, 9.17) is 0 Å². The van der Waals surface area contributed by atoms with Crippen molar-refractivity contribution in [3.63, 3.8) is 0 Å². The average molecular weight is 213 g/mol. The van der Waals surface area contributed by atoms with Gasteiger partial charge in [0.1, 0.15) is 0 Å². The Morgan fingerprint density at radius 2 is 2.15 bits per heavy atom. The van der Waals surface area contributed by atoms with Crippen LogP contribution in [-0.2, 0) is 0 Å². The summed E-state index contributed by atoms with van der Waals surface area (Å²) in [6.45, 7) is 0.779. The third kappa shape index (κ3) is 5.41. The fraction of sp³-hybridized carbons (Fsp3) is 1.00. The summed E-state index contributed by atoms with van der Waals surface area (Å²) < 4.78 is 35.1. The number of rotatable bonds is 4. The first-order valence-electron chi connectivity index (χ1n) is 4.47. The Hall–Kier alpha value is 0.100. The lowest BCUT2D eigenvalue weighted by atomic mass is 10.2. The van der Waals surface area contributed by atoms with E-state index < -0.39 is 12.6 Å². The lowest BCUT2D eigenvalue weighted by molar-refractivity contribution is -0.133. The second-order valence-corrected chi connectivity index (χ2v) is 4.61. The minimum absolute atomic E-state index is 0.0561. The molecule has 1 saturated heterocycles. The van der Waals surface area contributed by atoms with E-state index in [0.29, 0.717) is 5.25 Å². The van der Waals surface area contributed by atoms with Crippen LogP contribution < -0.4 is 5.32 Å². The van der Waals surface area contributed by atoms with Crippen LogP contribution in [0.1, 0.15) is 19.3 Å². The summed E-state index contributed by atoms with van der Waals surface area (Å²) in [6.07, 6.45) is -2.39. The van der Waals surface area contributed by atoms with E-state index in [1.165, 1.54) is 6.42 Å². The highest BCUT2D eigenvalue weighted by atomic mass is 32.2. The molecule has 1 aliphatic heterocycles. The largest absolute Gasteiger partial charge is 0.390 e. The predicted molar refractivity (Wildman–Crippen MR) is 49.0 cm³/mol. The molecule has 0 saturated carbocycles. The van der Waals surface area contributed by atoms with Crippen molar-refractivity contribution in [3.05, 3.63) is 0 Å². The first-order valence-corrected chi connectivity index (χ1v) is 5.52. The average Bonchev–Trinajstić information content (AvgIpc) is 2.48. The molecule has 0 radical (unpaired) electrons. The molecule has 1 fully saturated rings. The van der Waals surface area contributed by atoms with Crippen molar-refractivity contribution < 1.29 is 13.2 Å². The van der Waals surface area contributed by atoms with E-state index in [1.54, 1.807) is 0 Å². The third-order valence-corrected chi connectivity index (χ3v) is 3.38. The predicted octanol–water partition coefficient (Wildman–Crippen LogP) is 2.42. The summed E-state index contributed by atoms with van der Waals surface area (Å²) in [4.78, 5) is 0. The van der Waals surface area contributed by atoms with Crippen molar-refractivity contribution in [1.82, 2.24) is 5.32 Å². The van der Waals surface area contributed by atoms with Crippen LogP contribution >= 0.6 is 11.8 Å². The van der Waals surface area contributed by atoms with Crippen molar-refractivity contribution in [1.29, 1.82) is 0 Å². The Labute approximate surface area is 80.5 Å². The second-order valence-electron chi connectivity index (χ2n) is 3.20. The van der Waals surface area contributed by atoms with Gasteiger partial charge in [-0.2, -0.15) is 24.9 Å². The maximum absolute atomic E-state index is 11.7. The van der Waals surface area contributed by atoms with Crippen molar-refractivity contribution in [2.45, 2.75) is 30.7 Å². The lowest BCUT2D eigenvalue weighted by Gasteiger charge is -2.10. The molecular weight excluding hydrogens is 199 g/mol. The van der Waals surface area contributed by atoms with E-state index in [-0.39, 0.29) is 6.54 Å². The lowest BCUT2D eigenvalue weighted by Crippen LogP contribution is -2.27. The van der Waals surface area contributed by atoms with Gasteiger partial charge in [0.15, 0.2) is 0 Å². The van der Waals surface area contributed by atoms with E-state index in [2.05, 4.69) is 5.32 Å². The molecule has 0 amide bonds. The van der Waals surface area contributed by atoms with Gasteiger partial charge in [-0.3, -0.25) is 0 Å². The zero-order chi connectivity index (χ0) is 9.73. The summed E-state index contributed by atoms with van der Waals surface area (Å²) in [5.74, 6) is 1.16. The van der Waals surface area contributed by atoms with Gasteiger partial charge in [-0.15, -0.1) is 0 Å². The van der Waals surface area contributed by atoms with E-state index in [9.17, 15) is 13.2 Å². The molecule has 0 aromatic heterocycles. The molecule has 78 valence electrons. The topological polar surface area (TPSA) is 12.0 Å². The Balaban J connectivity index is 1.94. The van der Waals surface area contributed by atoms with Crippen LogP contribution in [0.3, 0.4) is 0 Å². The highest BCUT2D eigenvalue weighted by molar-refractivity contribution is 8.00. The Kier molecular flexibility index (Phi) is 4.38. The van der Waals surface area contributed by atoms with Crippen LogP contribution in [0.2, 0.25) is 0 Å². The molecule has 1 aliphatic rings. The van der Waals surface area contributed by atoms with Gasteiger partial charge in [-0.05, 0) is 18.6 Å². The van der Waals surface area contributed by atoms with Gasteiger partial charge in [-0.25, -0.2) is 0 Å². The molecular formula is C8H14F3NS. The normalized spacial score (nSPS) is 23.8. The maximum Gasteiger partial charge on any atom is 0.390 e. The molecule has 0 bridgehead atoms. The number of hydrogen-bond acceptors (Lipinski definition) is 2. The monoisotopic (exact) mass is 213 g/mol. The van der Waals surface area contributed by atoms with Crippen LogP contribution in [0.4, 0.5) is 13.2 Å².